The van der Waals surface area contributed by atoms with Gasteiger partial charge in [-0.1, -0.05) is 84.4 Å². The van der Waals surface area contributed by atoms with Crippen molar-refractivity contribution < 1.29 is 13.2 Å². The number of rotatable bonds is 6. The molecule has 1 saturated heterocycles. The van der Waals surface area contributed by atoms with Crippen LogP contribution in [0.2, 0.25) is 5.02 Å². The summed E-state index contributed by atoms with van der Waals surface area (Å²) in [6.07, 6.45) is 1.16. The summed E-state index contributed by atoms with van der Waals surface area (Å²) in [5.41, 5.74) is 1.91. The Bertz CT molecular complexity index is 1170. The molecule has 3 aromatic carbocycles. The predicted octanol–water partition coefficient (Wildman–Crippen LogP) is 4.80. The third kappa shape index (κ3) is 4.88. The van der Waals surface area contributed by atoms with Crippen LogP contribution >= 0.6 is 11.6 Å². The van der Waals surface area contributed by atoms with E-state index in [-0.39, 0.29) is 28.4 Å². The van der Waals surface area contributed by atoms with Gasteiger partial charge >= 0.3 is 0 Å². The van der Waals surface area contributed by atoms with Crippen molar-refractivity contribution in [3.8, 4) is 0 Å². The first-order valence-electron chi connectivity index (χ1n) is 10.6. The van der Waals surface area contributed by atoms with Crippen LogP contribution in [-0.4, -0.2) is 25.2 Å². The Hall–Kier alpha value is -2.67. The van der Waals surface area contributed by atoms with Crippen molar-refractivity contribution in [1.29, 1.82) is 0 Å². The summed E-state index contributed by atoms with van der Waals surface area (Å²) < 4.78 is 28.7. The molecule has 1 heterocycles. The molecule has 2 unspecified atom stereocenters. The quantitative estimate of drug-likeness (QED) is 0.565. The minimum Gasteiger partial charge on any atom is -0.352 e. The molecule has 0 aliphatic carbocycles. The van der Waals surface area contributed by atoms with Gasteiger partial charge in [0.2, 0.25) is 15.9 Å². The number of halogens is 1. The molecule has 0 spiro atoms. The monoisotopic (exact) mass is 468 g/mol. The molecule has 166 valence electrons. The number of hydrogen-bond donors (Lipinski definition) is 1. The number of hydrogen-bond acceptors (Lipinski definition) is 3. The van der Waals surface area contributed by atoms with Crippen LogP contribution in [0.15, 0.2) is 89.8 Å². The van der Waals surface area contributed by atoms with Crippen LogP contribution < -0.4 is 5.32 Å². The zero-order valence-corrected chi connectivity index (χ0v) is 19.1. The Labute approximate surface area is 194 Å². The lowest BCUT2D eigenvalue weighted by Gasteiger charge is -2.38. The largest absolute Gasteiger partial charge is 0.352 e. The van der Waals surface area contributed by atoms with Gasteiger partial charge in [0.25, 0.3) is 0 Å². The van der Waals surface area contributed by atoms with E-state index in [1.54, 1.807) is 18.2 Å². The van der Waals surface area contributed by atoms with Gasteiger partial charge in [-0.2, -0.15) is 4.31 Å². The summed E-state index contributed by atoms with van der Waals surface area (Å²) in [6, 6.07) is 25.3. The topological polar surface area (TPSA) is 66.5 Å². The zero-order chi connectivity index (χ0) is 22.6. The minimum absolute atomic E-state index is 0.0629. The van der Waals surface area contributed by atoms with E-state index in [2.05, 4.69) is 5.32 Å². The smallest absolute Gasteiger partial charge is 0.245 e. The number of piperidine rings is 1. The van der Waals surface area contributed by atoms with Crippen molar-refractivity contribution in [2.75, 3.05) is 6.54 Å². The molecule has 0 aromatic heterocycles. The maximum absolute atomic E-state index is 13.6. The molecule has 1 aliphatic heterocycles. The van der Waals surface area contributed by atoms with Crippen LogP contribution in [-0.2, 0) is 21.4 Å². The van der Waals surface area contributed by atoms with Gasteiger partial charge in [0.05, 0.1) is 17.0 Å². The van der Waals surface area contributed by atoms with Crippen molar-refractivity contribution in [2.45, 2.75) is 30.3 Å². The Morgan fingerprint density at radius 1 is 0.906 bits per heavy atom. The lowest BCUT2D eigenvalue weighted by atomic mass is 9.90. The number of sulfonamides is 1. The lowest BCUT2D eigenvalue weighted by molar-refractivity contribution is -0.126. The molecule has 1 amide bonds. The Balaban J connectivity index is 1.60. The molecule has 2 atom stereocenters. The first-order valence-corrected chi connectivity index (χ1v) is 12.4. The van der Waals surface area contributed by atoms with E-state index in [0.29, 0.717) is 19.4 Å². The number of nitrogens with one attached hydrogen (secondary N) is 1. The Morgan fingerprint density at radius 3 is 2.22 bits per heavy atom. The average molecular weight is 469 g/mol. The highest BCUT2D eigenvalue weighted by molar-refractivity contribution is 7.89. The van der Waals surface area contributed by atoms with E-state index >= 15 is 0 Å². The highest BCUT2D eigenvalue weighted by atomic mass is 35.5. The van der Waals surface area contributed by atoms with Crippen LogP contribution in [0.5, 0.6) is 0 Å². The first kappa shape index (κ1) is 22.5. The molecule has 0 saturated carbocycles. The summed E-state index contributed by atoms with van der Waals surface area (Å²) in [5, 5.41) is 3.14. The van der Waals surface area contributed by atoms with Crippen LogP contribution in [0, 0.1) is 5.92 Å². The van der Waals surface area contributed by atoms with Crippen LogP contribution in [0.1, 0.15) is 30.0 Å². The highest BCUT2D eigenvalue weighted by Crippen LogP contribution is 2.38. The molecule has 1 aliphatic rings. The molecule has 7 heteroatoms. The van der Waals surface area contributed by atoms with Crippen molar-refractivity contribution in [2.24, 2.45) is 5.92 Å². The maximum Gasteiger partial charge on any atom is 0.245 e. The van der Waals surface area contributed by atoms with Crippen molar-refractivity contribution in [1.82, 2.24) is 9.62 Å². The molecular formula is C25H25ClN2O3S. The Kier molecular flexibility index (Phi) is 6.94. The number of benzene rings is 3. The van der Waals surface area contributed by atoms with Gasteiger partial charge in [-0.05, 0) is 36.1 Å². The third-order valence-corrected chi connectivity index (χ3v) is 8.20. The highest BCUT2D eigenvalue weighted by Gasteiger charge is 2.40. The third-order valence-electron chi connectivity index (χ3n) is 5.82. The van der Waals surface area contributed by atoms with E-state index in [4.69, 9.17) is 11.6 Å². The molecule has 4 rings (SSSR count). The molecule has 1 fully saturated rings. The van der Waals surface area contributed by atoms with Gasteiger partial charge in [0, 0.05) is 13.1 Å². The van der Waals surface area contributed by atoms with Gasteiger partial charge < -0.3 is 5.32 Å². The van der Waals surface area contributed by atoms with E-state index in [9.17, 15) is 13.2 Å². The molecule has 0 bridgehead atoms. The molecule has 32 heavy (non-hydrogen) atoms. The van der Waals surface area contributed by atoms with Gasteiger partial charge in [-0.3, -0.25) is 4.79 Å². The van der Waals surface area contributed by atoms with Crippen LogP contribution in [0.25, 0.3) is 0 Å². The molecular weight excluding hydrogens is 444 g/mol. The second-order valence-electron chi connectivity index (χ2n) is 7.91. The molecule has 0 radical (unpaired) electrons. The fourth-order valence-corrected chi connectivity index (χ4v) is 6.32. The van der Waals surface area contributed by atoms with Crippen molar-refractivity contribution in [3.63, 3.8) is 0 Å². The van der Waals surface area contributed by atoms with Crippen molar-refractivity contribution >= 4 is 27.5 Å². The second kappa shape index (κ2) is 9.86. The van der Waals surface area contributed by atoms with Gasteiger partial charge in [0.1, 0.15) is 4.90 Å². The fourth-order valence-electron chi connectivity index (χ4n) is 4.14. The average Bonchev–Trinajstić information content (AvgIpc) is 2.83. The fraction of sp³-hybridized carbons (Fsp3) is 0.240. The Morgan fingerprint density at radius 2 is 1.53 bits per heavy atom. The number of nitrogens with zero attached hydrogens (tertiary/aromatic N) is 1. The number of amides is 1. The normalized spacial score (nSPS) is 19.4. The van der Waals surface area contributed by atoms with E-state index in [1.165, 1.54) is 10.4 Å². The number of carbonyl (C=O) groups excluding carboxylic acids is 1. The predicted molar refractivity (Wildman–Crippen MR) is 126 cm³/mol. The van der Waals surface area contributed by atoms with Gasteiger partial charge in [-0.15, -0.1) is 0 Å². The summed E-state index contributed by atoms with van der Waals surface area (Å²) in [7, 11) is -3.90. The lowest BCUT2D eigenvalue weighted by Crippen LogP contribution is -2.46. The maximum atomic E-state index is 13.6. The van der Waals surface area contributed by atoms with E-state index < -0.39 is 15.9 Å². The summed E-state index contributed by atoms with van der Waals surface area (Å²) >= 11 is 6.25. The number of carbonyl (C=O) groups is 1. The first-order chi connectivity index (χ1) is 15.5. The summed E-state index contributed by atoms with van der Waals surface area (Å²) in [6.45, 7) is 0.517. The SMILES string of the molecule is O=C(NCc1ccccc1)C1CCC(c2ccccc2)N(S(=O)(=O)c2ccccc2Cl)C1. The van der Waals surface area contributed by atoms with E-state index in [0.717, 1.165) is 11.1 Å². The summed E-state index contributed by atoms with van der Waals surface area (Å²) in [5.74, 6) is -0.573. The standard InChI is InChI=1S/C25H25ClN2O3S/c26-22-13-7-8-14-24(22)32(30,31)28-18-21(15-16-23(28)20-11-5-2-6-12-20)25(29)27-17-19-9-3-1-4-10-19/h1-14,21,23H,15-18H2,(H,27,29). The van der Waals surface area contributed by atoms with Crippen molar-refractivity contribution in [3.05, 3.63) is 101 Å². The van der Waals surface area contributed by atoms with Crippen LogP contribution in [0.4, 0.5) is 0 Å². The zero-order valence-electron chi connectivity index (χ0n) is 17.5. The molecule has 3 aromatic rings. The molecule has 1 N–H and O–H groups in total. The minimum atomic E-state index is -3.90. The van der Waals surface area contributed by atoms with Gasteiger partial charge in [0.15, 0.2) is 0 Å². The van der Waals surface area contributed by atoms with Gasteiger partial charge in [-0.25, -0.2) is 8.42 Å². The van der Waals surface area contributed by atoms with Crippen LogP contribution in [0.3, 0.4) is 0 Å². The second-order valence-corrected chi connectivity index (χ2v) is 10.2. The van der Waals surface area contributed by atoms with E-state index in [1.807, 2.05) is 60.7 Å². The molecule has 5 nitrogen and oxygen atoms in total. The summed E-state index contributed by atoms with van der Waals surface area (Å²) in [4.78, 5) is 13.0.